The zero-order valence-electron chi connectivity index (χ0n) is 11.4. The predicted octanol–water partition coefficient (Wildman–Crippen LogP) is 2.69. The van der Waals surface area contributed by atoms with E-state index in [0.717, 1.165) is 17.7 Å². The smallest absolute Gasteiger partial charge is 0.326 e. The van der Waals surface area contributed by atoms with Crippen molar-refractivity contribution < 1.29 is 14.6 Å². The molecule has 0 aromatic heterocycles. The number of hydrogen-bond donors (Lipinski definition) is 1. The highest BCUT2D eigenvalue weighted by molar-refractivity contribution is 5.79. The van der Waals surface area contributed by atoms with Crippen LogP contribution in [-0.4, -0.2) is 30.8 Å². The topological polar surface area (TPSA) is 49.8 Å². The Bertz CT molecular complexity index is 418. The molecule has 0 saturated carbocycles. The average molecular weight is 251 g/mol. The number of aliphatic carboxylic acids is 1. The van der Waals surface area contributed by atoms with Crippen molar-refractivity contribution in [1.29, 1.82) is 0 Å². The van der Waals surface area contributed by atoms with Gasteiger partial charge in [0.2, 0.25) is 0 Å². The first kappa shape index (κ1) is 14.4. The summed E-state index contributed by atoms with van der Waals surface area (Å²) in [5.74, 6) is -0.117. The minimum Gasteiger partial charge on any atom is -0.495 e. The van der Waals surface area contributed by atoms with Gasteiger partial charge in [-0.2, -0.15) is 0 Å². The molecule has 0 saturated heterocycles. The van der Waals surface area contributed by atoms with Gasteiger partial charge in [-0.1, -0.05) is 13.0 Å². The van der Waals surface area contributed by atoms with E-state index in [1.807, 2.05) is 36.9 Å². The van der Waals surface area contributed by atoms with E-state index in [1.54, 1.807) is 14.0 Å². The van der Waals surface area contributed by atoms with Crippen molar-refractivity contribution >= 4 is 11.7 Å². The van der Waals surface area contributed by atoms with E-state index in [1.165, 1.54) is 0 Å². The van der Waals surface area contributed by atoms with Gasteiger partial charge in [-0.15, -0.1) is 0 Å². The van der Waals surface area contributed by atoms with Gasteiger partial charge >= 0.3 is 5.97 Å². The molecule has 0 fully saturated rings. The van der Waals surface area contributed by atoms with Crippen molar-refractivity contribution in [2.24, 2.45) is 0 Å². The maximum absolute atomic E-state index is 11.2. The molecular weight excluding hydrogens is 230 g/mol. The van der Waals surface area contributed by atoms with E-state index in [0.29, 0.717) is 12.3 Å². The van der Waals surface area contributed by atoms with Crippen molar-refractivity contribution in [3.63, 3.8) is 0 Å². The summed E-state index contributed by atoms with van der Waals surface area (Å²) >= 11 is 0. The summed E-state index contributed by atoms with van der Waals surface area (Å²) in [6.45, 7) is 6.40. The third-order valence-electron chi connectivity index (χ3n) is 2.93. The Labute approximate surface area is 108 Å². The first-order valence-electron chi connectivity index (χ1n) is 6.15. The lowest BCUT2D eigenvalue weighted by Gasteiger charge is -2.30. The summed E-state index contributed by atoms with van der Waals surface area (Å²) in [6, 6.07) is 5.23. The number of anilines is 1. The van der Waals surface area contributed by atoms with Gasteiger partial charge in [0.1, 0.15) is 11.8 Å². The van der Waals surface area contributed by atoms with E-state index in [2.05, 4.69) is 0 Å². The molecule has 4 nitrogen and oxygen atoms in total. The summed E-state index contributed by atoms with van der Waals surface area (Å²) in [5, 5.41) is 9.19. The molecule has 1 atom stereocenters. The number of aryl methyl sites for hydroxylation is 1. The average Bonchev–Trinajstić information content (AvgIpc) is 2.35. The fraction of sp³-hybridized carbons (Fsp3) is 0.500. The van der Waals surface area contributed by atoms with E-state index in [-0.39, 0.29) is 0 Å². The summed E-state index contributed by atoms with van der Waals surface area (Å²) < 4.78 is 5.32. The maximum atomic E-state index is 11.2. The Balaban J connectivity index is 3.19. The van der Waals surface area contributed by atoms with Crippen LogP contribution in [0.5, 0.6) is 5.75 Å². The highest BCUT2D eigenvalue weighted by Crippen LogP contribution is 2.30. The van der Waals surface area contributed by atoms with Crippen LogP contribution in [0.2, 0.25) is 0 Å². The molecule has 0 spiro atoms. The van der Waals surface area contributed by atoms with E-state index in [9.17, 15) is 9.90 Å². The van der Waals surface area contributed by atoms with Crippen LogP contribution in [0.15, 0.2) is 18.2 Å². The molecule has 18 heavy (non-hydrogen) atoms. The van der Waals surface area contributed by atoms with Crippen molar-refractivity contribution in [2.45, 2.75) is 33.2 Å². The zero-order chi connectivity index (χ0) is 13.7. The van der Waals surface area contributed by atoms with Gasteiger partial charge in [0.15, 0.2) is 0 Å². The fourth-order valence-corrected chi connectivity index (χ4v) is 1.92. The van der Waals surface area contributed by atoms with Gasteiger partial charge in [-0.3, -0.25) is 0 Å². The zero-order valence-corrected chi connectivity index (χ0v) is 11.4. The molecule has 100 valence electrons. The van der Waals surface area contributed by atoms with Gasteiger partial charge < -0.3 is 14.7 Å². The van der Waals surface area contributed by atoms with Crippen molar-refractivity contribution in [3.05, 3.63) is 23.8 Å². The SMILES string of the molecule is CCCN(c1cc(C)ccc1OC)C(C)C(=O)O. The summed E-state index contributed by atoms with van der Waals surface area (Å²) in [4.78, 5) is 13.1. The first-order valence-corrected chi connectivity index (χ1v) is 6.15. The number of nitrogens with zero attached hydrogens (tertiary/aromatic N) is 1. The normalized spacial score (nSPS) is 12.0. The van der Waals surface area contributed by atoms with Crippen LogP contribution in [0.1, 0.15) is 25.8 Å². The molecule has 1 rings (SSSR count). The molecule has 1 unspecified atom stereocenters. The Morgan fingerprint density at radius 1 is 1.50 bits per heavy atom. The number of rotatable bonds is 6. The quantitative estimate of drug-likeness (QED) is 0.844. The maximum Gasteiger partial charge on any atom is 0.326 e. The van der Waals surface area contributed by atoms with E-state index in [4.69, 9.17) is 4.74 Å². The van der Waals surface area contributed by atoms with Crippen LogP contribution in [0.3, 0.4) is 0 Å². The number of methoxy groups -OCH3 is 1. The number of benzene rings is 1. The van der Waals surface area contributed by atoms with Crippen LogP contribution < -0.4 is 9.64 Å². The highest BCUT2D eigenvalue weighted by Gasteiger charge is 2.22. The van der Waals surface area contributed by atoms with Gasteiger partial charge in [0.05, 0.1) is 12.8 Å². The largest absolute Gasteiger partial charge is 0.495 e. The van der Waals surface area contributed by atoms with Crippen LogP contribution in [-0.2, 0) is 4.79 Å². The molecule has 1 aromatic rings. The lowest BCUT2D eigenvalue weighted by molar-refractivity contribution is -0.138. The molecule has 0 bridgehead atoms. The van der Waals surface area contributed by atoms with E-state index >= 15 is 0 Å². The first-order chi connectivity index (χ1) is 8.51. The minimum atomic E-state index is -0.827. The van der Waals surface area contributed by atoms with Gasteiger partial charge in [-0.25, -0.2) is 4.79 Å². The van der Waals surface area contributed by atoms with Gasteiger partial charge in [0, 0.05) is 6.54 Å². The Hall–Kier alpha value is -1.71. The molecule has 1 aromatic carbocycles. The molecule has 0 aliphatic rings. The number of carboxylic acids is 1. The monoisotopic (exact) mass is 251 g/mol. The third-order valence-corrected chi connectivity index (χ3v) is 2.93. The van der Waals surface area contributed by atoms with E-state index < -0.39 is 12.0 Å². The second kappa shape index (κ2) is 6.28. The predicted molar refractivity (Wildman–Crippen MR) is 72.5 cm³/mol. The van der Waals surface area contributed by atoms with Crippen LogP contribution >= 0.6 is 0 Å². The Kier molecular flexibility index (Phi) is 5.01. The molecule has 0 amide bonds. The molecule has 1 N–H and O–H groups in total. The standard InChI is InChI=1S/C14H21NO3/c1-5-8-15(11(3)14(16)17)12-9-10(2)6-7-13(12)18-4/h6-7,9,11H,5,8H2,1-4H3,(H,16,17). The Morgan fingerprint density at radius 2 is 2.17 bits per heavy atom. The number of hydrogen-bond acceptors (Lipinski definition) is 3. The molecular formula is C14H21NO3. The fourth-order valence-electron chi connectivity index (χ4n) is 1.92. The van der Waals surface area contributed by atoms with Crippen LogP contribution in [0, 0.1) is 6.92 Å². The number of carbonyl (C=O) groups is 1. The number of ether oxygens (including phenoxy) is 1. The number of carboxylic acid groups (broad SMARTS) is 1. The van der Waals surface area contributed by atoms with Crippen molar-refractivity contribution in [3.8, 4) is 5.75 Å². The van der Waals surface area contributed by atoms with Crippen molar-refractivity contribution in [1.82, 2.24) is 0 Å². The summed E-state index contributed by atoms with van der Waals surface area (Å²) in [6.07, 6.45) is 0.884. The second-order valence-electron chi connectivity index (χ2n) is 4.38. The molecule has 0 aliphatic heterocycles. The minimum absolute atomic E-state index is 0.569. The highest BCUT2D eigenvalue weighted by atomic mass is 16.5. The molecule has 4 heteroatoms. The molecule has 0 heterocycles. The summed E-state index contributed by atoms with van der Waals surface area (Å²) in [7, 11) is 1.60. The summed E-state index contributed by atoms with van der Waals surface area (Å²) in [5.41, 5.74) is 1.93. The third kappa shape index (κ3) is 3.15. The molecule has 0 aliphatic carbocycles. The molecule has 0 radical (unpaired) electrons. The van der Waals surface area contributed by atoms with Crippen LogP contribution in [0.4, 0.5) is 5.69 Å². The van der Waals surface area contributed by atoms with Gasteiger partial charge in [-0.05, 0) is 38.0 Å². The van der Waals surface area contributed by atoms with Gasteiger partial charge in [0.25, 0.3) is 0 Å². The second-order valence-corrected chi connectivity index (χ2v) is 4.38. The van der Waals surface area contributed by atoms with Crippen LogP contribution in [0.25, 0.3) is 0 Å². The Morgan fingerprint density at radius 3 is 2.67 bits per heavy atom. The lowest BCUT2D eigenvalue weighted by atomic mass is 10.1. The van der Waals surface area contributed by atoms with Crippen molar-refractivity contribution in [2.75, 3.05) is 18.6 Å². The lowest BCUT2D eigenvalue weighted by Crippen LogP contribution is -2.39.